The standard InChI is InChI=1S/C25H29N3O2S/c1-17-5-6-18(2)24-22(17)15-19(3)25(26-24)31-16-23(29)28-13-11-27(12-14-28)20-7-9-21(30-4)10-8-20/h5-10,15H,11-14,16H2,1-4H3. The molecule has 2 aromatic carbocycles. The number of amides is 1. The van der Waals surface area contributed by atoms with Gasteiger partial charge in [-0.25, -0.2) is 4.98 Å². The molecule has 0 saturated carbocycles. The molecule has 0 N–H and O–H groups in total. The Balaban J connectivity index is 1.36. The van der Waals surface area contributed by atoms with Gasteiger partial charge in [-0.05, 0) is 67.8 Å². The summed E-state index contributed by atoms with van der Waals surface area (Å²) in [4.78, 5) is 22.0. The molecule has 4 rings (SSSR count). The van der Waals surface area contributed by atoms with Crippen LogP contribution in [-0.4, -0.2) is 54.8 Å². The predicted molar refractivity (Wildman–Crippen MR) is 128 cm³/mol. The molecule has 6 heteroatoms. The second-order valence-corrected chi connectivity index (χ2v) is 9.02. The third-order valence-electron chi connectivity index (χ3n) is 5.95. The number of hydrogen-bond donors (Lipinski definition) is 0. The van der Waals surface area contributed by atoms with E-state index in [0.29, 0.717) is 5.75 Å². The molecule has 31 heavy (non-hydrogen) atoms. The number of piperazine rings is 1. The van der Waals surface area contributed by atoms with Crippen LogP contribution in [0.4, 0.5) is 5.69 Å². The lowest BCUT2D eigenvalue weighted by atomic mass is 10.0. The van der Waals surface area contributed by atoms with Gasteiger partial charge in [0, 0.05) is 37.3 Å². The molecule has 0 spiro atoms. The number of rotatable bonds is 5. The van der Waals surface area contributed by atoms with Crippen molar-refractivity contribution in [1.29, 1.82) is 0 Å². The summed E-state index contributed by atoms with van der Waals surface area (Å²) in [5, 5.41) is 2.15. The van der Waals surface area contributed by atoms with Crippen LogP contribution in [0.5, 0.6) is 5.75 Å². The minimum Gasteiger partial charge on any atom is -0.497 e. The first kappa shape index (κ1) is 21.5. The summed E-state index contributed by atoms with van der Waals surface area (Å²) in [6, 6.07) is 14.6. The molecule has 0 atom stereocenters. The van der Waals surface area contributed by atoms with Gasteiger partial charge in [-0.3, -0.25) is 4.79 Å². The summed E-state index contributed by atoms with van der Waals surface area (Å²) in [6.45, 7) is 9.45. The minimum atomic E-state index is 0.182. The number of carbonyl (C=O) groups excluding carboxylic acids is 1. The Morgan fingerprint density at radius 2 is 1.65 bits per heavy atom. The minimum absolute atomic E-state index is 0.182. The SMILES string of the molecule is COc1ccc(N2CCN(C(=O)CSc3nc4c(C)ccc(C)c4cc3C)CC2)cc1. The molecule has 1 saturated heterocycles. The average Bonchev–Trinajstić information content (AvgIpc) is 2.80. The summed E-state index contributed by atoms with van der Waals surface area (Å²) >= 11 is 1.55. The molecule has 1 aromatic heterocycles. The normalized spacial score (nSPS) is 14.2. The van der Waals surface area contributed by atoms with Crippen LogP contribution in [0.15, 0.2) is 47.5 Å². The summed E-state index contributed by atoms with van der Waals surface area (Å²) in [7, 11) is 1.68. The lowest BCUT2D eigenvalue weighted by Gasteiger charge is -2.36. The maximum Gasteiger partial charge on any atom is 0.233 e. The van der Waals surface area contributed by atoms with Crippen LogP contribution in [0.2, 0.25) is 0 Å². The molecule has 0 unspecified atom stereocenters. The van der Waals surface area contributed by atoms with E-state index in [9.17, 15) is 4.79 Å². The average molecular weight is 436 g/mol. The van der Waals surface area contributed by atoms with Crippen molar-refractivity contribution in [2.45, 2.75) is 25.8 Å². The Hall–Kier alpha value is -2.73. The van der Waals surface area contributed by atoms with E-state index in [1.165, 1.54) is 22.2 Å². The molecule has 1 aliphatic heterocycles. The van der Waals surface area contributed by atoms with E-state index in [4.69, 9.17) is 9.72 Å². The lowest BCUT2D eigenvalue weighted by molar-refractivity contribution is -0.128. The number of aromatic nitrogens is 1. The third-order valence-corrected chi connectivity index (χ3v) is 7.03. The van der Waals surface area contributed by atoms with Gasteiger partial charge in [-0.15, -0.1) is 0 Å². The van der Waals surface area contributed by atoms with Crippen molar-refractivity contribution in [2.24, 2.45) is 0 Å². The number of thioether (sulfide) groups is 1. The summed E-state index contributed by atoms with van der Waals surface area (Å²) in [6.07, 6.45) is 0. The number of ether oxygens (including phenoxy) is 1. The largest absolute Gasteiger partial charge is 0.497 e. The summed E-state index contributed by atoms with van der Waals surface area (Å²) in [5.74, 6) is 1.46. The smallest absolute Gasteiger partial charge is 0.233 e. The zero-order chi connectivity index (χ0) is 22.0. The fourth-order valence-electron chi connectivity index (χ4n) is 3.99. The number of nitrogens with zero attached hydrogens (tertiary/aromatic N) is 3. The molecular formula is C25H29N3O2S. The maximum atomic E-state index is 12.8. The van der Waals surface area contributed by atoms with E-state index in [-0.39, 0.29) is 5.91 Å². The second kappa shape index (κ2) is 9.18. The zero-order valence-corrected chi connectivity index (χ0v) is 19.5. The molecule has 2 heterocycles. The molecule has 1 amide bonds. The van der Waals surface area contributed by atoms with Crippen LogP contribution >= 0.6 is 11.8 Å². The Morgan fingerprint density at radius 1 is 0.968 bits per heavy atom. The molecule has 0 aliphatic carbocycles. The summed E-state index contributed by atoms with van der Waals surface area (Å²) in [5.41, 5.74) is 5.74. The Labute approximate surface area is 188 Å². The van der Waals surface area contributed by atoms with E-state index in [1.807, 2.05) is 17.0 Å². The van der Waals surface area contributed by atoms with E-state index < -0.39 is 0 Å². The van der Waals surface area contributed by atoms with Crippen molar-refractivity contribution in [3.8, 4) is 5.75 Å². The van der Waals surface area contributed by atoms with Gasteiger partial charge in [0.15, 0.2) is 0 Å². The molecule has 0 bridgehead atoms. The lowest BCUT2D eigenvalue weighted by Crippen LogP contribution is -2.49. The fraction of sp³-hybridized carbons (Fsp3) is 0.360. The van der Waals surface area contributed by atoms with Crippen LogP contribution < -0.4 is 9.64 Å². The van der Waals surface area contributed by atoms with Crippen LogP contribution in [0, 0.1) is 20.8 Å². The molecule has 3 aromatic rings. The van der Waals surface area contributed by atoms with Gasteiger partial charge < -0.3 is 14.5 Å². The van der Waals surface area contributed by atoms with E-state index in [2.05, 4.69) is 56.0 Å². The zero-order valence-electron chi connectivity index (χ0n) is 18.6. The number of methoxy groups -OCH3 is 1. The fourth-order valence-corrected chi connectivity index (χ4v) is 4.88. The van der Waals surface area contributed by atoms with Crippen molar-refractivity contribution >= 4 is 34.3 Å². The highest BCUT2D eigenvalue weighted by molar-refractivity contribution is 7.99. The number of fused-ring (bicyclic) bond motifs is 1. The second-order valence-electron chi connectivity index (χ2n) is 8.06. The highest BCUT2D eigenvalue weighted by atomic mass is 32.2. The van der Waals surface area contributed by atoms with Gasteiger partial charge in [0.1, 0.15) is 10.8 Å². The summed E-state index contributed by atoms with van der Waals surface area (Å²) < 4.78 is 5.23. The van der Waals surface area contributed by atoms with Crippen LogP contribution in [0.1, 0.15) is 16.7 Å². The molecule has 5 nitrogen and oxygen atoms in total. The Morgan fingerprint density at radius 3 is 2.32 bits per heavy atom. The highest BCUT2D eigenvalue weighted by Gasteiger charge is 2.22. The molecule has 1 aliphatic rings. The Bertz CT molecular complexity index is 1090. The molecule has 1 fully saturated rings. The van der Waals surface area contributed by atoms with Gasteiger partial charge in [-0.1, -0.05) is 23.9 Å². The molecular weight excluding hydrogens is 406 g/mol. The van der Waals surface area contributed by atoms with Crippen molar-refractivity contribution in [3.05, 3.63) is 59.2 Å². The third kappa shape index (κ3) is 4.64. The first-order valence-electron chi connectivity index (χ1n) is 10.6. The number of anilines is 1. The number of benzene rings is 2. The van der Waals surface area contributed by atoms with E-state index in [1.54, 1.807) is 18.9 Å². The van der Waals surface area contributed by atoms with E-state index in [0.717, 1.165) is 48.0 Å². The number of carbonyl (C=O) groups is 1. The quantitative estimate of drug-likeness (QED) is 0.548. The number of pyridine rings is 1. The first-order valence-corrected chi connectivity index (χ1v) is 11.6. The predicted octanol–water partition coefficient (Wildman–Crippen LogP) is 4.61. The van der Waals surface area contributed by atoms with Crippen molar-refractivity contribution in [3.63, 3.8) is 0 Å². The topological polar surface area (TPSA) is 45.7 Å². The molecule has 162 valence electrons. The van der Waals surface area contributed by atoms with Crippen LogP contribution in [-0.2, 0) is 4.79 Å². The van der Waals surface area contributed by atoms with Crippen molar-refractivity contribution in [1.82, 2.24) is 9.88 Å². The van der Waals surface area contributed by atoms with Gasteiger partial charge in [0.25, 0.3) is 0 Å². The van der Waals surface area contributed by atoms with Gasteiger partial charge in [0.05, 0.1) is 18.4 Å². The maximum absolute atomic E-state index is 12.8. The Kier molecular flexibility index (Phi) is 6.37. The van der Waals surface area contributed by atoms with Crippen LogP contribution in [0.25, 0.3) is 10.9 Å². The van der Waals surface area contributed by atoms with E-state index >= 15 is 0 Å². The van der Waals surface area contributed by atoms with Crippen molar-refractivity contribution < 1.29 is 9.53 Å². The van der Waals surface area contributed by atoms with Crippen LogP contribution in [0.3, 0.4) is 0 Å². The van der Waals surface area contributed by atoms with Crippen molar-refractivity contribution in [2.75, 3.05) is 43.9 Å². The number of aryl methyl sites for hydroxylation is 3. The van der Waals surface area contributed by atoms with Gasteiger partial charge >= 0.3 is 0 Å². The highest BCUT2D eigenvalue weighted by Crippen LogP contribution is 2.28. The monoisotopic (exact) mass is 435 g/mol. The first-order chi connectivity index (χ1) is 15.0. The van der Waals surface area contributed by atoms with Gasteiger partial charge in [-0.2, -0.15) is 0 Å². The number of hydrogen-bond acceptors (Lipinski definition) is 5. The molecule has 0 radical (unpaired) electrons. The van der Waals surface area contributed by atoms with Gasteiger partial charge in [0.2, 0.25) is 5.91 Å².